The molecule has 1 aromatic heterocycles. The minimum Gasteiger partial charge on any atom is -0.378 e. The summed E-state index contributed by atoms with van der Waals surface area (Å²) in [6.07, 6.45) is 1.35. The molecule has 3 rings (SSSR count). The molecule has 1 amide bonds. The fourth-order valence-electron chi connectivity index (χ4n) is 2.27. The van der Waals surface area contributed by atoms with Crippen molar-refractivity contribution in [2.24, 2.45) is 0 Å². The van der Waals surface area contributed by atoms with Crippen molar-refractivity contribution in [3.05, 3.63) is 47.0 Å². The molecule has 0 saturated carbocycles. The van der Waals surface area contributed by atoms with Gasteiger partial charge in [-0.25, -0.2) is 14.4 Å². The van der Waals surface area contributed by atoms with E-state index < -0.39 is 11.7 Å². The van der Waals surface area contributed by atoms with E-state index in [1.165, 1.54) is 24.5 Å². The largest absolute Gasteiger partial charge is 0.378 e. The summed E-state index contributed by atoms with van der Waals surface area (Å²) in [7, 11) is 0. The lowest BCUT2D eigenvalue weighted by Crippen LogP contribution is -2.36. The van der Waals surface area contributed by atoms with Crippen molar-refractivity contribution in [2.45, 2.75) is 0 Å². The number of nitrogens with one attached hydrogen (secondary N) is 1. The highest BCUT2D eigenvalue weighted by Crippen LogP contribution is 2.21. The van der Waals surface area contributed by atoms with Gasteiger partial charge in [0.05, 0.1) is 23.8 Å². The van der Waals surface area contributed by atoms with Crippen LogP contribution in [-0.4, -0.2) is 42.2 Å². The first kappa shape index (κ1) is 15.6. The predicted octanol–water partition coefficient (Wildman–Crippen LogP) is 2.36. The van der Waals surface area contributed by atoms with E-state index in [1.807, 2.05) is 4.90 Å². The second kappa shape index (κ2) is 6.89. The van der Waals surface area contributed by atoms with Crippen molar-refractivity contribution in [1.82, 2.24) is 9.97 Å². The molecule has 23 heavy (non-hydrogen) atoms. The Balaban J connectivity index is 1.79. The third-order valence-corrected chi connectivity index (χ3v) is 3.73. The van der Waals surface area contributed by atoms with E-state index in [0.29, 0.717) is 32.1 Å². The highest BCUT2D eigenvalue weighted by atomic mass is 35.5. The number of hydrogen-bond acceptors (Lipinski definition) is 5. The van der Waals surface area contributed by atoms with Crippen molar-refractivity contribution in [2.75, 3.05) is 36.5 Å². The Labute approximate surface area is 137 Å². The van der Waals surface area contributed by atoms with Crippen molar-refractivity contribution < 1.29 is 13.9 Å². The maximum atomic E-state index is 13.8. The number of rotatable bonds is 3. The highest BCUT2D eigenvalue weighted by Gasteiger charge is 2.18. The summed E-state index contributed by atoms with van der Waals surface area (Å²) in [5.74, 6) is -0.374. The van der Waals surface area contributed by atoms with Gasteiger partial charge in [-0.15, -0.1) is 0 Å². The van der Waals surface area contributed by atoms with Gasteiger partial charge in [-0.3, -0.25) is 4.79 Å². The lowest BCUT2D eigenvalue weighted by Gasteiger charge is -2.27. The molecule has 0 unspecified atom stereocenters. The number of carbonyl (C=O) groups excluding carboxylic acids is 1. The molecule has 0 radical (unpaired) electrons. The third-order valence-electron chi connectivity index (χ3n) is 3.42. The zero-order valence-corrected chi connectivity index (χ0v) is 12.9. The van der Waals surface area contributed by atoms with Gasteiger partial charge in [-0.1, -0.05) is 17.7 Å². The maximum absolute atomic E-state index is 13.8. The molecule has 2 heterocycles. The minimum atomic E-state index is -0.683. The number of morpholine rings is 1. The molecule has 8 heteroatoms. The Morgan fingerprint density at radius 1 is 1.30 bits per heavy atom. The van der Waals surface area contributed by atoms with Crippen molar-refractivity contribution in [3.8, 4) is 0 Å². The second-order valence-corrected chi connectivity index (χ2v) is 5.32. The van der Waals surface area contributed by atoms with Crippen LogP contribution in [-0.2, 0) is 4.74 Å². The lowest BCUT2D eigenvalue weighted by molar-refractivity contribution is 0.102. The smallest absolute Gasteiger partial charge is 0.261 e. The molecule has 0 bridgehead atoms. The van der Waals surface area contributed by atoms with Crippen LogP contribution in [0, 0.1) is 5.82 Å². The van der Waals surface area contributed by atoms with E-state index in [-0.39, 0.29) is 16.4 Å². The van der Waals surface area contributed by atoms with E-state index in [9.17, 15) is 9.18 Å². The molecular weight excluding hydrogens is 323 g/mol. The number of ether oxygens (including phenoxy) is 1. The Kier molecular flexibility index (Phi) is 4.68. The summed E-state index contributed by atoms with van der Waals surface area (Å²) in [6, 6.07) is 5.71. The monoisotopic (exact) mass is 336 g/mol. The average Bonchev–Trinajstić information content (AvgIpc) is 2.56. The number of aromatic nitrogens is 2. The topological polar surface area (TPSA) is 67.4 Å². The molecule has 0 aliphatic carbocycles. The van der Waals surface area contributed by atoms with Crippen LogP contribution in [0.1, 0.15) is 10.4 Å². The third kappa shape index (κ3) is 3.57. The van der Waals surface area contributed by atoms with Gasteiger partial charge in [0.25, 0.3) is 5.91 Å². The zero-order chi connectivity index (χ0) is 16.2. The van der Waals surface area contributed by atoms with Gasteiger partial charge in [0.2, 0.25) is 0 Å². The van der Waals surface area contributed by atoms with E-state index in [0.717, 1.165) is 0 Å². The fourth-order valence-corrected chi connectivity index (χ4v) is 2.52. The SMILES string of the molecule is O=C(Nc1cc(N2CCOCC2)ncn1)c1c(F)cccc1Cl. The maximum Gasteiger partial charge on any atom is 0.261 e. The highest BCUT2D eigenvalue weighted by molar-refractivity contribution is 6.34. The Bertz CT molecular complexity index is 702. The summed E-state index contributed by atoms with van der Waals surface area (Å²) in [5.41, 5.74) is -0.208. The van der Waals surface area contributed by atoms with Crippen LogP contribution in [0.15, 0.2) is 30.6 Å². The van der Waals surface area contributed by atoms with Gasteiger partial charge in [-0.2, -0.15) is 0 Å². The van der Waals surface area contributed by atoms with Crippen LogP contribution in [0.3, 0.4) is 0 Å². The first-order valence-electron chi connectivity index (χ1n) is 7.05. The first-order chi connectivity index (χ1) is 11.1. The summed E-state index contributed by atoms with van der Waals surface area (Å²) in [6.45, 7) is 2.67. The molecule has 120 valence electrons. The van der Waals surface area contributed by atoms with Crippen LogP contribution >= 0.6 is 11.6 Å². The molecule has 1 aliphatic heterocycles. The van der Waals surface area contributed by atoms with Crippen LogP contribution in [0.2, 0.25) is 5.02 Å². The van der Waals surface area contributed by atoms with Crippen LogP contribution in [0.5, 0.6) is 0 Å². The standard InChI is InChI=1S/C15H14ClFN4O2/c16-10-2-1-3-11(17)14(10)15(22)20-12-8-13(19-9-18-12)21-4-6-23-7-5-21/h1-3,8-9H,4-7H2,(H,18,19,20,22). The predicted molar refractivity (Wildman–Crippen MR) is 84.4 cm³/mol. The van der Waals surface area contributed by atoms with Gasteiger partial charge in [0.1, 0.15) is 23.8 Å². The van der Waals surface area contributed by atoms with E-state index in [1.54, 1.807) is 6.07 Å². The summed E-state index contributed by atoms with van der Waals surface area (Å²) in [5, 5.41) is 2.59. The number of benzene rings is 1. The number of anilines is 2. The molecule has 0 atom stereocenters. The Hall–Kier alpha value is -2.25. The lowest BCUT2D eigenvalue weighted by atomic mass is 10.2. The van der Waals surface area contributed by atoms with Crippen molar-refractivity contribution in [3.63, 3.8) is 0 Å². The fraction of sp³-hybridized carbons (Fsp3) is 0.267. The normalized spacial score (nSPS) is 14.6. The number of carbonyl (C=O) groups is 1. The van der Waals surface area contributed by atoms with E-state index in [4.69, 9.17) is 16.3 Å². The molecule has 0 spiro atoms. The molecule has 1 aliphatic rings. The van der Waals surface area contributed by atoms with Gasteiger partial charge in [-0.05, 0) is 12.1 Å². The summed E-state index contributed by atoms with van der Waals surface area (Å²) >= 11 is 5.89. The van der Waals surface area contributed by atoms with Crippen LogP contribution in [0.25, 0.3) is 0 Å². The first-order valence-corrected chi connectivity index (χ1v) is 7.43. The van der Waals surface area contributed by atoms with Gasteiger partial charge in [0.15, 0.2) is 0 Å². The number of nitrogens with zero attached hydrogens (tertiary/aromatic N) is 3. The van der Waals surface area contributed by atoms with Gasteiger partial charge < -0.3 is 15.0 Å². The number of amides is 1. The zero-order valence-electron chi connectivity index (χ0n) is 12.1. The number of halogens is 2. The van der Waals surface area contributed by atoms with Gasteiger partial charge >= 0.3 is 0 Å². The minimum absolute atomic E-state index is 0.0463. The molecule has 1 N–H and O–H groups in total. The van der Waals surface area contributed by atoms with E-state index in [2.05, 4.69) is 15.3 Å². The summed E-state index contributed by atoms with van der Waals surface area (Å²) < 4.78 is 19.1. The average molecular weight is 337 g/mol. The molecule has 1 fully saturated rings. The van der Waals surface area contributed by atoms with Crippen LogP contribution in [0.4, 0.5) is 16.0 Å². The van der Waals surface area contributed by atoms with Crippen molar-refractivity contribution in [1.29, 1.82) is 0 Å². The summed E-state index contributed by atoms with van der Waals surface area (Å²) in [4.78, 5) is 22.4. The van der Waals surface area contributed by atoms with Gasteiger partial charge in [0, 0.05) is 19.2 Å². The van der Waals surface area contributed by atoms with Crippen molar-refractivity contribution >= 4 is 29.1 Å². The molecule has 1 saturated heterocycles. The molecule has 1 aromatic carbocycles. The van der Waals surface area contributed by atoms with E-state index >= 15 is 0 Å². The van der Waals surface area contributed by atoms with Crippen LogP contribution < -0.4 is 10.2 Å². The molecule has 6 nitrogen and oxygen atoms in total. The Morgan fingerprint density at radius 3 is 2.83 bits per heavy atom. The Morgan fingerprint density at radius 2 is 2.09 bits per heavy atom. The molecule has 2 aromatic rings. The molecular formula is C15H14ClFN4O2. The quantitative estimate of drug-likeness (QED) is 0.932. The second-order valence-electron chi connectivity index (χ2n) is 4.91. The number of hydrogen-bond donors (Lipinski definition) is 1.